The SMILES string of the molecule is Cn1c(=O)n(Cc2ccccc2C#N)c2c(N3CCN(C(=O)OC(C)(C)C)CC3)ccnc21. The van der Waals surface area contributed by atoms with Crippen LogP contribution in [0.1, 0.15) is 31.9 Å². The van der Waals surface area contributed by atoms with Gasteiger partial charge in [-0.2, -0.15) is 5.26 Å². The number of hydrogen-bond acceptors (Lipinski definition) is 6. The Morgan fingerprint density at radius 1 is 1.15 bits per heavy atom. The zero-order chi connectivity index (χ0) is 23.8. The Morgan fingerprint density at radius 3 is 2.52 bits per heavy atom. The van der Waals surface area contributed by atoms with Crippen molar-refractivity contribution in [3.05, 3.63) is 58.1 Å². The molecule has 9 nitrogen and oxygen atoms in total. The van der Waals surface area contributed by atoms with Crippen molar-refractivity contribution < 1.29 is 9.53 Å². The highest BCUT2D eigenvalue weighted by molar-refractivity contribution is 5.87. The molecule has 33 heavy (non-hydrogen) atoms. The summed E-state index contributed by atoms with van der Waals surface area (Å²) in [6.07, 6.45) is 1.39. The Bertz CT molecular complexity index is 1290. The van der Waals surface area contributed by atoms with E-state index in [-0.39, 0.29) is 18.3 Å². The number of fused-ring (bicyclic) bond motifs is 1. The summed E-state index contributed by atoms with van der Waals surface area (Å²) in [5.74, 6) is 0. The molecule has 0 bridgehead atoms. The van der Waals surface area contributed by atoms with Gasteiger partial charge in [-0.05, 0) is 38.5 Å². The molecule has 0 N–H and O–H groups in total. The second-order valence-electron chi connectivity index (χ2n) is 9.15. The number of imidazole rings is 1. The second kappa shape index (κ2) is 8.62. The highest BCUT2D eigenvalue weighted by atomic mass is 16.6. The van der Waals surface area contributed by atoms with Gasteiger partial charge in [0.05, 0.1) is 23.9 Å². The number of nitrogens with zero attached hydrogens (tertiary/aromatic N) is 6. The van der Waals surface area contributed by atoms with Crippen LogP contribution >= 0.6 is 0 Å². The molecule has 0 atom stereocenters. The van der Waals surface area contributed by atoms with Crippen molar-refractivity contribution in [1.82, 2.24) is 19.0 Å². The summed E-state index contributed by atoms with van der Waals surface area (Å²) in [4.78, 5) is 33.9. The van der Waals surface area contributed by atoms with E-state index in [0.717, 1.165) is 16.8 Å². The molecule has 1 aromatic carbocycles. The second-order valence-corrected chi connectivity index (χ2v) is 9.15. The van der Waals surface area contributed by atoms with Crippen LogP contribution in [0.2, 0.25) is 0 Å². The third-order valence-electron chi connectivity index (χ3n) is 5.73. The third kappa shape index (κ3) is 4.42. The molecule has 4 rings (SSSR count). The molecular formula is C24H28N6O3. The molecule has 1 aliphatic heterocycles. The molecule has 3 heterocycles. The topological polar surface area (TPSA) is 96.4 Å². The smallest absolute Gasteiger partial charge is 0.410 e. The van der Waals surface area contributed by atoms with E-state index >= 15 is 0 Å². The number of hydrogen-bond donors (Lipinski definition) is 0. The van der Waals surface area contributed by atoms with Crippen LogP contribution in [0.25, 0.3) is 11.2 Å². The number of benzene rings is 1. The Balaban J connectivity index is 1.66. The van der Waals surface area contributed by atoms with Gasteiger partial charge in [0, 0.05) is 39.4 Å². The van der Waals surface area contributed by atoms with Gasteiger partial charge in [-0.3, -0.25) is 9.13 Å². The van der Waals surface area contributed by atoms with Crippen molar-refractivity contribution in [3.63, 3.8) is 0 Å². The molecule has 0 spiro atoms. The summed E-state index contributed by atoms with van der Waals surface area (Å²) in [5, 5.41) is 9.48. The predicted octanol–water partition coefficient (Wildman–Crippen LogP) is 2.71. The van der Waals surface area contributed by atoms with Crippen LogP contribution in [0.3, 0.4) is 0 Å². The average molecular weight is 449 g/mol. The first kappa shape index (κ1) is 22.4. The van der Waals surface area contributed by atoms with Gasteiger partial charge >= 0.3 is 11.8 Å². The Morgan fingerprint density at radius 2 is 1.85 bits per heavy atom. The standard InChI is InChI=1S/C24H28N6O3/c1-24(2,3)33-23(32)29-13-11-28(12-14-29)19-9-10-26-21-20(19)30(22(31)27(21)4)16-18-8-6-5-7-17(18)15-25/h5-10H,11-14,16H2,1-4H3. The quantitative estimate of drug-likeness (QED) is 0.611. The van der Waals surface area contributed by atoms with E-state index in [0.29, 0.717) is 37.4 Å². The number of pyridine rings is 1. The lowest BCUT2D eigenvalue weighted by atomic mass is 10.1. The first-order valence-corrected chi connectivity index (χ1v) is 10.9. The minimum absolute atomic E-state index is 0.190. The minimum Gasteiger partial charge on any atom is -0.444 e. The minimum atomic E-state index is -0.536. The molecule has 172 valence electrons. The van der Waals surface area contributed by atoms with E-state index in [4.69, 9.17) is 4.74 Å². The number of piperazine rings is 1. The van der Waals surface area contributed by atoms with Crippen LogP contribution < -0.4 is 10.6 Å². The fraction of sp³-hybridized carbons (Fsp3) is 0.417. The van der Waals surface area contributed by atoms with E-state index in [2.05, 4.69) is 16.0 Å². The molecule has 9 heteroatoms. The largest absolute Gasteiger partial charge is 0.444 e. The van der Waals surface area contributed by atoms with Gasteiger partial charge in [-0.15, -0.1) is 0 Å². The number of carbonyl (C=O) groups is 1. The number of anilines is 1. The molecule has 0 radical (unpaired) electrons. The van der Waals surface area contributed by atoms with E-state index in [1.165, 1.54) is 4.57 Å². The number of nitriles is 1. The monoisotopic (exact) mass is 448 g/mol. The summed E-state index contributed by atoms with van der Waals surface area (Å²) >= 11 is 0. The fourth-order valence-electron chi connectivity index (χ4n) is 4.10. The van der Waals surface area contributed by atoms with Gasteiger partial charge in [0.2, 0.25) is 0 Å². The lowest BCUT2D eigenvalue weighted by Gasteiger charge is -2.37. The summed E-state index contributed by atoms with van der Waals surface area (Å²) in [7, 11) is 1.70. The average Bonchev–Trinajstić information content (AvgIpc) is 3.03. The van der Waals surface area contributed by atoms with Crippen molar-refractivity contribution in [2.45, 2.75) is 32.9 Å². The molecule has 1 aliphatic rings. The van der Waals surface area contributed by atoms with Gasteiger partial charge in [0.15, 0.2) is 5.65 Å². The maximum Gasteiger partial charge on any atom is 0.410 e. The van der Waals surface area contributed by atoms with Crippen molar-refractivity contribution in [1.29, 1.82) is 5.26 Å². The van der Waals surface area contributed by atoms with Gasteiger partial charge < -0.3 is 14.5 Å². The Kier molecular flexibility index (Phi) is 5.85. The molecule has 1 saturated heterocycles. The predicted molar refractivity (Wildman–Crippen MR) is 125 cm³/mol. The summed E-state index contributed by atoms with van der Waals surface area (Å²) < 4.78 is 8.71. The first-order valence-electron chi connectivity index (χ1n) is 10.9. The van der Waals surface area contributed by atoms with Crippen LogP contribution in [0, 0.1) is 11.3 Å². The molecule has 0 unspecified atom stereocenters. The first-order chi connectivity index (χ1) is 15.7. The molecule has 1 fully saturated rings. The number of rotatable bonds is 3. The molecular weight excluding hydrogens is 420 g/mol. The molecule has 1 amide bonds. The maximum atomic E-state index is 13.1. The summed E-state index contributed by atoms with van der Waals surface area (Å²) in [6.45, 7) is 8.10. The van der Waals surface area contributed by atoms with Gasteiger partial charge in [-0.1, -0.05) is 18.2 Å². The van der Waals surface area contributed by atoms with Gasteiger partial charge in [0.25, 0.3) is 0 Å². The van der Waals surface area contributed by atoms with E-state index in [1.54, 1.807) is 28.8 Å². The number of amides is 1. The lowest BCUT2D eigenvalue weighted by molar-refractivity contribution is 0.0240. The molecule has 0 aliphatic carbocycles. The lowest BCUT2D eigenvalue weighted by Crippen LogP contribution is -2.50. The zero-order valence-electron chi connectivity index (χ0n) is 19.4. The number of aromatic nitrogens is 3. The van der Waals surface area contributed by atoms with Crippen LogP contribution in [-0.2, 0) is 18.3 Å². The van der Waals surface area contributed by atoms with Crippen molar-refractivity contribution >= 4 is 22.9 Å². The van der Waals surface area contributed by atoms with Crippen LogP contribution in [0.15, 0.2) is 41.3 Å². The van der Waals surface area contributed by atoms with Crippen molar-refractivity contribution in [2.24, 2.45) is 7.05 Å². The molecule has 2 aromatic heterocycles. The van der Waals surface area contributed by atoms with Crippen molar-refractivity contribution in [3.8, 4) is 6.07 Å². The highest BCUT2D eigenvalue weighted by Gasteiger charge is 2.28. The number of ether oxygens (including phenoxy) is 1. The van der Waals surface area contributed by atoms with E-state index in [1.807, 2.05) is 45.0 Å². The normalized spacial score (nSPS) is 14.4. The zero-order valence-corrected chi connectivity index (χ0v) is 19.4. The summed E-state index contributed by atoms with van der Waals surface area (Å²) in [6, 6.07) is 11.4. The highest BCUT2D eigenvalue weighted by Crippen LogP contribution is 2.27. The Hall–Kier alpha value is -3.80. The van der Waals surface area contributed by atoms with Crippen LogP contribution in [0.5, 0.6) is 0 Å². The van der Waals surface area contributed by atoms with Gasteiger partial charge in [-0.25, -0.2) is 14.6 Å². The van der Waals surface area contributed by atoms with Crippen LogP contribution in [0.4, 0.5) is 10.5 Å². The van der Waals surface area contributed by atoms with Crippen molar-refractivity contribution in [2.75, 3.05) is 31.1 Å². The molecule has 3 aromatic rings. The number of carbonyl (C=O) groups excluding carboxylic acids is 1. The number of aryl methyl sites for hydroxylation is 1. The fourth-order valence-corrected chi connectivity index (χ4v) is 4.10. The summed E-state index contributed by atoms with van der Waals surface area (Å²) in [5.41, 5.74) is 2.79. The van der Waals surface area contributed by atoms with Gasteiger partial charge in [0.1, 0.15) is 11.1 Å². The molecule has 0 saturated carbocycles. The van der Waals surface area contributed by atoms with Crippen LogP contribution in [-0.4, -0.2) is 56.9 Å². The Labute approximate surface area is 192 Å². The third-order valence-corrected chi connectivity index (χ3v) is 5.73. The van der Waals surface area contributed by atoms with E-state index < -0.39 is 5.60 Å². The maximum absolute atomic E-state index is 13.1. The van der Waals surface area contributed by atoms with E-state index in [9.17, 15) is 14.9 Å².